The standard InChI is InChI=1S/C26H22Br2N2O3/c27-22-13-20-21(14-23(22)28)26(33)29(25(20)32)15-24(31)30(18-8-2-1-3-9-18)19-11-10-16-6-4-5-7-17(16)12-19/h1-12,20-23H,13-15H2/t20-,21+,22-,23-/m0/s1. The summed E-state index contributed by atoms with van der Waals surface area (Å²) in [5, 5.41) is 2.08. The molecule has 3 amide bonds. The molecule has 1 saturated carbocycles. The predicted octanol–water partition coefficient (Wildman–Crippen LogP) is 5.43. The van der Waals surface area contributed by atoms with Crippen molar-refractivity contribution in [2.75, 3.05) is 11.4 Å². The Hall–Kier alpha value is -2.51. The highest BCUT2D eigenvalue weighted by atomic mass is 79.9. The molecule has 0 radical (unpaired) electrons. The molecule has 33 heavy (non-hydrogen) atoms. The van der Waals surface area contributed by atoms with Gasteiger partial charge in [-0.05, 0) is 47.9 Å². The van der Waals surface area contributed by atoms with Crippen LogP contribution in [-0.4, -0.2) is 38.8 Å². The number of para-hydroxylation sites is 1. The molecule has 4 atom stereocenters. The van der Waals surface area contributed by atoms with Crippen LogP contribution < -0.4 is 4.90 Å². The van der Waals surface area contributed by atoms with Crippen molar-refractivity contribution in [2.24, 2.45) is 11.8 Å². The highest BCUT2D eigenvalue weighted by Gasteiger charge is 2.52. The molecule has 0 bridgehead atoms. The average Bonchev–Trinajstić information content (AvgIpc) is 3.04. The number of likely N-dealkylation sites (tertiary alicyclic amines) is 1. The second-order valence-electron chi connectivity index (χ2n) is 8.58. The number of benzene rings is 3. The van der Waals surface area contributed by atoms with Crippen molar-refractivity contribution in [2.45, 2.75) is 22.5 Å². The minimum atomic E-state index is -0.366. The second-order valence-corrected chi connectivity index (χ2v) is 10.9. The number of amides is 3. The van der Waals surface area contributed by atoms with Gasteiger partial charge in [-0.25, -0.2) is 0 Å². The van der Waals surface area contributed by atoms with Gasteiger partial charge < -0.3 is 0 Å². The Bertz CT molecular complexity index is 1200. The van der Waals surface area contributed by atoms with Crippen molar-refractivity contribution in [1.29, 1.82) is 0 Å². The van der Waals surface area contributed by atoms with Gasteiger partial charge >= 0.3 is 0 Å². The van der Waals surface area contributed by atoms with E-state index in [4.69, 9.17) is 0 Å². The SMILES string of the molecule is O=C1[C@H]2C[C@H](Br)[C@@H](Br)C[C@H]2C(=O)N1CC(=O)N(c1ccccc1)c1ccc2ccccc2c1. The van der Waals surface area contributed by atoms with Crippen molar-refractivity contribution in [3.05, 3.63) is 72.8 Å². The first-order valence-corrected chi connectivity index (χ1v) is 12.8. The van der Waals surface area contributed by atoms with Crippen LogP contribution in [0.25, 0.3) is 10.8 Å². The molecule has 5 nitrogen and oxygen atoms in total. The van der Waals surface area contributed by atoms with Crippen LogP contribution in [0.5, 0.6) is 0 Å². The van der Waals surface area contributed by atoms with E-state index in [9.17, 15) is 14.4 Å². The number of carbonyl (C=O) groups excluding carboxylic acids is 3. The zero-order valence-corrected chi connectivity index (χ0v) is 20.9. The average molecular weight is 570 g/mol. The van der Waals surface area contributed by atoms with E-state index in [2.05, 4.69) is 31.9 Å². The van der Waals surface area contributed by atoms with Gasteiger partial charge in [-0.1, -0.05) is 80.4 Å². The molecule has 1 heterocycles. The van der Waals surface area contributed by atoms with Gasteiger partial charge in [0.1, 0.15) is 6.54 Å². The molecule has 1 saturated heterocycles. The van der Waals surface area contributed by atoms with Gasteiger partial charge in [-0.2, -0.15) is 0 Å². The summed E-state index contributed by atoms with van der Waals surface area (Å²) in [6, 6.07) is 23.1. The first-order valence-electron chi connectivity index (χ1n) is 10.9. The van der Waals surface area contributed by atoms with Crippen LogP contribution in [0, 0.1) is 11.8 Å². The van der Waals surface area contributed by atoms with Gasteiger partial charge in [0.05, 0.1) is 11.8 Å². The van der Waals surface area contributed by atoms with Gasteiger partial charge in [0, 0.05) is 21.0 Å². The minimum Gasteiger partial charge on any atom is -0.280 e. The fourth-order valence-corrected chi connectivity index (χ4v) is 6.09. The molecule has 1 aliphatic heterocycles. The Morgan fingerprint density at radius 1 is 0.788 bits per heavy atom. The molecule has 168 valence electrons. The first kappa shape index (κ1) is 22.3. The molecule has 5 rings (SSSR count). The molecular formula is C26H22Br2N2O3. The van der Waals surface area contributed by atoms with E-state index in [0.717, 1.165) is 10.8 Å². The number of anilines is 2. The fourth-order valence-electron chi connectivity index (χ4n) is 4.86. The van der Waals surface area contributed by atoms with Crippen molar-refractivity contribution in [1.82, 2.24) is 4.90 Å². The summed E-state index contributed by atoms with van der Waals surface area (Å²) in [4.78, 5) is 42.9. The summed E-state index contributed by atoms with van der Waals surface area (Å²) in [6.45, 7) is -0.272. The molecule has 0 aromatic heterocycles. The van der Waals surface area contributed by atoms with Crippen LogP contribution >= 0.6 is 31.9 Å². The molecule has 0 N–H and O–H groups in total. The van der Waals surface area contributed by atoms with Crippen LogP contribution in [0.2, 0.25) is 0 Å². The highest BCUT2D eigenvalue weighted by Crippen LogP contribution is 2.43. The van der Waals surface area contributed by atoms with Crippen LogP contribution in [0.4, 0.5) is 11.4 Å². The lowest BCUT2D eigenvalue weighted by atomic mass is 9.81. The molecule has 3 aromatic carbocycles. The van der Waals surface area contributed by atoms with Crippen LogP contribution in [0.3, 0.4) is 0 Å². The van der Waals surface area contributed by atoms with E-state index < -0.39 is 0 Å². The first-order chi connectivity index (χ1) is 15.9. The Morgan fingerprint density at radius 3 is 2.00 bits per heavy atom. The van der Waals surface area contributed by atoms with E-state index in [1.54, 1.807) is 4.90 Å². The number of hydrogen-bond donors (Lipinski definition) is 0. The van der Waals surface area contributed by atoms with E-state index in [1.165, 1.54) is 4.90 Å². The summed E-state index contributed by atoms with van der Waals surface area (Å²) in [5.74, 6) is -1.53. The molecule has 2 aliphatic rings. The number of halogens is 2. The predicted molar refractivity (Wildman–Crippen MR) is 136 cm³/mol. The molecule has 0 unspecified atom stereocenters. The lowest BCUT2D eigenvalue weighted by Crippen LogP contribution is -2.41. The number of rotatable bonds is 4. The van der Waals surface area contributed by atoms with Crippen molar-refractivity contribution in [3.8, 4) is 0 Å². The Balaban J connectivity index is 1.47. The van der Waals surface area contributed by atoms with Crippen molar-refractivity contribution < 1.29 is 14.4 Å². The van der Waals surface area contributed by atoms with Crippen LogP contribution in [0.1, 0.15) is 12.8 Å². The van der Waals surface area contributed by atoms with Gasteiger partial charge in [-0.15, -0.1) is 0 Å². The molecule has 2 fully saturated rings. The topological polar surface area (TPSA) is 57.7 Å². The fraction of sp³-hybridized carbons (Fsp3) is 0.269. The van der Waals surface area contributed by atoms with Gasteiger partial charge in [0.2, 0.25) is 11.8 Å². The zero-order valence-electron chi connectivity index (χ0n) is 17.7. The maximum absolute atomic E-state index is 13.6. The largest absolute Gasteiger partial charge is 0.280 e. The summed E-state index contributed by atoms with van der Waals surface area (Å²) in [6.07, 6.45) is 1.17. The summed E-state index contributed by atoms with van der Waals surface area (Å²) in [5.41, 5.74) is 1.39. The number of imide groups is 1. The minimum absolute atomic E-state index is 0.129. The van der Waals surface area contributed by atoms with E-state index in [0.29, 0.717) is 24.2 Å². The highest BCUT2D eigenvalue weighted by molar-refractivity contribution is 9.12. The Labute approximate surface area is 209 Å². The van der Waals surface area contributed by atoms with Crippen molar-refractivity contribution >= 4 is 71.7 Å². The molecular weight excluding hydrogens is 548 g/mol. The Morgan fingerprint density at radius 2 is 1.36 bits per heavy atom. The van der Waals surface area contributed by atoms with Gasteiger partial charge in [0.15, 0.2) is 0 Å². The number of alkyl halides is 2. The normalized spacial score (nSPS) is 24.7. The van der Waals surface area contributed by atoms with Crippen molar-refractivity contribution in [3.63, 3.8) is 0 Å². The molecule has 3 aromatic rings. The van der Waals surface area contributed by atoms with E-state index in [1.807, 2.05) is 72.8 Å². The molecule has 7 heteroatoms. The number of nitrogens with zero attached hydrogens (tertiary/aromatic N) is 2. The number of fused-ring (bicyclic) bond motifs is 2. The van der Waals surface area contributed by atoms with E-state index in [-0.39, 0.29) is 45.8 Å². The molecule has 1 aliphatic carbocycles. The third-order valence-corrected chi connectivity index (χ3v) is 9.28. The smallest absolute Gasteiger partial charge is 0.251 e. The quantitative estimate of drug-likeness (QED) is 0.311. The van der Waals surface area contributed by atoms with Gasteiger partial charge in [-0.3, -0.25) is 24.2 Å². The van der Waals surface area contributed by atoms with Crippen LogP contribution in [-0.2, 0) is 14.4 Å². The summed E-state index contributed by atoms with van der Waals surface area (Å²) < 4.78 is 0. The van der Waals surface area contributed by atoms with Crippen LogP contribution in [0.15, 0.2) is 72.8 Å². The number of carbonyl (C=O) groups is 3. The van der Waals surface area contributed by atoms with E-state index >= 15 is 0 Å². The zero-order chi connectivity index (χ0) is 23.1. The third kappa shape index (κ3) is 4.13. The summed E-state index contributed by atoms with van der Waals surface area (Å²) in [7, 11) is 0. The molecule has 0 spiro atoms. The van der Waals surface area contributed by atoms with Gasteiger partial charge in [0.25, 0.3) is 5.91 Å². The maximum Gasteiger partial charge on any atom is 0.251 e. The number of hydrogen-bond acceptors (Lipinski definition) is 3. The lowest BCUT2D eigenvalue weighted by Gasteiger charge is -2.29. The Kier molecular flexibility index (Phi) is 6.10. The third-order valence-electron chi connectivity index (χ3n) is 6.55. The second kappa shape index (κ2) is 9.03. The maximum atomic E-state index is 13.6. The monoisotopic (exact) mass is 568 g/mol. The summed E-state index contributed by atoms with van der Waals surface area (Å²) >= 11 is 7.22. The lowest BCUT2D eigenvalue weighted by molar-refractivity contribution is -0.143.